The molecule has 0 aliphatic rings. The summed E-state index contributed by atoms with van der Waals surface area (Å²) in [6.07, 6.45) is 0. The van der Waals surface area contributed by atoms with Gasteiger partial charge in [-0.2, -0.15) is 0 Å². The van der Waals surface area contributed by atoms with Crippen LogP contribution < -0.4 is 4.74 Å². The third kappa shape index (κ3) is 4.73. The smallest absolute Gasteiger partial charge is 0.356 e. The number of rotatable bonds is 7. The number of esters is 2. The lowest BCUT2D eigenvalue weighted by atomic mass is 10.0. The van der Waals surface area contributed by atoms with Crippen LogP contribution in [0.25, 0.3) is 11.1 Å². The van der Waals surface area contributed by atoms with E-state index in [1.165, 1.54) is 12.1 Å². The Hall–Kier alpha value is -2.60. The van der Waals surface area contributed by atoms with Crippen LogP contribution in [0.3, 0.4) is 0 Å². The lowest BCUT2D eigenvalue weighted by molar-refractivity contribution is 0.0511. The van der Waals surface area contributed by atoms with Gasteiger partial charge in [0.2, 0.25) is 0 Å². The summed E-state index contributed by atoms with van der Waals surface area (Å²) in [5, 5.41) is 0.496. The summed E-state index contributed by atoms with van der Waals surface area (Å²) in [6.45, 7) is 6.09. The second-order valence-electron chi connectivity index (χ2n) is 5.14. The molecule has 2 aromatic rings. The minimum absolute atomic E-state index is 0.00910. The monoisotopic (exact) mass is 377 g/mol. The average Bonchev–Trinajstić information content (AvgIpc) is 2.63. The molecule has 0 aliphatic heterocycles. The van der Waals surface area contributed by atoms with Crippen LogP contribution in [0.5, 0.6) is 5.75 Å². The van der Waals surface area contributed by atoms with Crippen LogP contribution >= 0.6 is 11.6 Å². The fraction of sp³-hybridized carbons (Fsp3) is 0.316. The molecular weight excluding hydrogens is 358 g/mol. The number of pyridine rings is 1. The molecule has 0 unspecified atom stereocenters. The topological polar surface area (TPSA) is 74.7 Å². The molecule has 0 fully saturated rings. The van der Waals surface area contributed by atoms with Crippen molar-refractivity contribution in [2.45, 2.75) is 20.8 Å². The van der Waals surface area contributed by atoms with Crippen LogP contribution in [0, 0.1) is 0 Å². The van der Waals surface area contributed by atoms with Crippen LogP contribution in [-0.4, -0.2) is 36.7 Å². The van der Waals surface area contributed by atoms with Crippen LogP contribution in [-0.2, 0) is 9.47 Å². The Bertz CT molecular complexity index is 770. The van der Waals surface area contributed by atoms with Crippen LogP contribution in [0.4, 0.5) is 0 Å². The van der Waals surface area contributed by atoms with Crippen molar-refractivity contribution in [2.24, 2.45) is 0 Å². The standard InChI is InChI=1S/C19H20ClNO5/c1-4-24-17-8-7-13(20)11-14(17)12-9-15(18(22)25-5-2)21-16(10-12)19(23)26-6-3/h7-11H,4-6H2,1-3H3. The van der Waals surface area contributed by atoms with Crippen molar-refractivity contribution in [1.29, 1.82) is 0 Å². The summed E-state index contributed by atoms with van der Waals surface area (Å²) in [4.78, 5) is 28.4. The van der Waals surface area contributed by atoms with E-state index in [1.807, 2.05) is 6.92 Å². The number of hydrogen-bond acceptors (Lipinski definition) is 6. The first-order valence-corrected chi connectivity index (χ1v) is 8.66. The van der Waals surface area contributed by atoms with Gasteiger partial charge in [0.05, 0.1) is 19.8 Å². The van der Waals surface area contributed by atoms with Gasteiger partial charge in [-0.05, 0) is 56.7 Å². The summed E-state index contributed by atoms with van der Waals surface area (Å²) in [6, 6.07) is 8.21. The molecule has 6 nitrogen and oxygen atoms in total. The number of ether oxygens (including phenoxy) is 3. The Morgan fingerprint density at radius 3 is 2.00 bits per heavy atom. The number of nitrogens with zero attached hydrogens (tertiary/aromatic N) is 1. The number of benzene rings is 1. The molecule has 2 rings (SSSR count). The van der Waals surface area contributed by atoms with E-state index in [4.69, 9.17) is 25.8 Å². The molecule has 0 spiro atoms. The van der Waals surface area contributed by atoms with Gasteiger partial charge in [0.25, 0.3) is 0 Å². The van der Waals surface area contributed by atoms with Crippen molar-refractivity contribution >= 4 is 23.5 Å². The van der Waals surface area contributed by atoms with Crippen LogP contribution in [0.1, 0.15) is 41.7 Å². The molecule has 0 aliphatic carbocycles. The molecule has 1 aromatic heterocycles. The Morgan fingerprint density at radius 2 is 1.50 bits per heavy atom. The molecule has 1 heterocycles. The second-order valence-corrected chi connectivity index (χ2v) is 5.58. The molecule has 0 saturated carbocycles. The van der Waals surface area contributed by atoms with Gasteiger partial charge in [0, 0.05) is 10.6 Å². The van der Waals surface area contributed by atoms with Crippen LogP contribution in [0.2, 0.25) is 5.02 Å². The second kappa shape index (κ2) is 9.20. The molecule has 0 saturated heterocycles. The van der Waals surface area contributed by atoms with E-state index in [-0.39, 0.29) is 24.6 Å². The Morgan fingerprint density at radius 1 is 0.923 bits per heavy atom. The molecular formula is C19H20ClNO5. The maximum Gasteiger partial charge on any atom is 0.356 e. The average molecular weight is 378 g/mol. The fourth-order valence-electron chi connectivity index (χ4n) is 2.31. The van der Waals surface area contributed by atoms with Crippen molar-refractivity contribution in [1.82, 2.24) is 4.98 Å². The molecule has 1 aromatic carbocycles. The summed E-state index contributed by atoms with van der Waals surface area (Å²) >= 11 is 6.12. The predicted octanol–water partition coefficient (Wildman–Crippen LogP) is 4.15. The normalized spacial score (nSPS) is 10.3. The van der Waals surface area contributed by atoms with Gasteiger partial charge in [-0.15, -0.1) is 0 Å². The summed E-state index contributed by atoms with van der Waals surface area (Å²) in [7, 11) is 0. The summed E-state index contributed by atoms with van der Waals surface area (Å²) < 4.78 is 15.6. The third-order valence-corrected chi connectivity index (χ3v) is 3.58. The maximum absolute atomic E-state index is 12.1. The first-order chi connectivity index (χ1) is 12.5. The molecule has 0 N–H and O–H groups in total. The van der Waals surface area contributed by atoms with Crippen molar-refractivity contribution in [2.75, 3.05) is 19.8 Å². The number of carbonyl (C=O) groups excluding carboxylic acids is 2. The van der Waals surface area contributed by atoms with Gasteiger partial charge in [-0.25, -0.2) is 14.6 Å². The first kappa shape index (κ1) is 19.7. The highest BCUT2D eigenvalue weighted by Gasteiger charge is 2.19. The predicted molar refractivity (Wildman–Crippen MR) is 97.8 cm³/mol. The van der Waals surface area contributed by atoms with Gasteiger partial charge in [-0.1, -0.05) is 11.6 Å². The molecule has 0 radical (unpaired) electrons. The van der Waals surface area contributed by atoms with Gasteiger partial charge in [-0.3, -0.25) is 0 Å². The highest BCUT2D eigenvalue weighted by atomic mass is 35.5. The fourth-order valence-corrected chi connectivity index (χ4v) is 2.49. The van der Waals surface area contributed by atoms with Gasteiger partial charge >= 0.3 is 11.9 Å². The number of carbonyl (C=O) groups is 2. The zero-order valence-corrected chi connectivity index (χ0v) is 15.6. The number of halogens is 1. The van der Waals surface area contributed by atoms with E-state index in [9.17, 15) is 9.59 Å². The highest BCUT2D eigenvalue weighted by molar-refractivity contribution is 6.31. The molecule has 138 valence electrons. The third-order valence-electron chi connectivity index (χ3n) is 3.35. The Labute approximate surface area is 157 Å². The molecule has 7 heteroatoms. The van der Waals surface area contributed by atoms with E-state index >= 15 is 0 Å². The molecule has 0 atom stereocenters. The SMILES string of the molecule is CCOC(=O)c1cc(-c2cc(Cl)ccc2OCC)cc(C(=O)OCC)n1. The largest absolute Gasteiger partial charge is 0.493 e. The van der Waals surface area contributed by atoms with Crippen molar-refractivity contribution in [3.05, 3.63) is 46.7 Å². The molecule has 0 bridgehead atoms. The minimum Gasteiger partial charge on any atom is -0.493 e. The van der Waals surface area contributed by atoms with E-state index < -0.39 is 11.9 Å². The first-order valence-electron chi connectivity index (χ1n) is 8.29. The van der Waals surface area contributed by atoms with Crippen molar-refractivity contribution < 1.29 is 23.8 Å². The Balaban J connectivity index is 2.62. The highest BCUT2D eigenvalue weighted by Crippen LogP contribution is 2.33. The van der Waals surface area contributed by atoms with E-state index in [0.717, 1.165) is 0 Å². The van der Waals surface area contributed by atoms with Gasteiger partial charge < -0.3 is 14.2 Å². The minimum atomic E-state index is -0.625. The molecule has 26 heavy (non-hydrogen) atoms. The van der Waals surface area contributed by atoms with Crippen molar-refractivity contribution in [3.8, 4) is 16.9 Å². The maximum atomic E-state index is 12.1. The summed E-state index contributed by atoms with van der Waals surface area (Å²) in [5.41, 5.74) is 1.21. The van der Waals surface area contributed by atoms with Crippen LogP contribution in [0.15, 0.2) is 30.3 Å². The number of hydrogen-bond donors (Lipinski definition) is 0. The van der Waals surface area contributed by atoms with Crippen molar-refractivity contribution in [3.63, 3.8) is 0 Å². The lowest BCUT2D eigenvalue weighted by Crippen LogP contribution is -2.13. The number of aromatic nitrogens is 1. The van der Waals surface area contributed by atoms with Gasteiger partial charge in [0.15, 0.2) is 0 Å². The summed E-state index contributed by atoms with van der Waals surface area (Å²) in [5.74, 6) is -0.674. The van der Waals surface area contributed by atoms with Gasteiger partial charge in [0.1, 0.15) is 17.1 Å². The zero-order valence-electron chi connectivity index (χ0n) is 14.9. The van der Waals surface area contributed by atoms with E-state index in [1.54, 1.807) is 32.0 Å². The quantitative estimate of drug-likeness (QED) is 0.674. The molecule has 0 amide bonds. The lowest BCUT2D eigenvalue weighted by Gasteiger charge is -2.13. The zero-order chi connectivity index (χ0) is 19.1. The van der Waals surface area contributed by atoms with E-state index in [2.05, 4.69) is 4.98 Å². The van der Waals surface area contributed by atoms with E-state index in [0.29, 0.717) is 28.5 Å². The Kier molecular flexibility index (Phi) is 6.97.